The van der Waals surface area contributed by atoms with Crippen LogP contribution in [0.5, 0.6) is 0 Å². The maximum atomic E-state index is 13.8. The van der Waals surface area contributed by atoms with E-state index in [2.05, 4.69) is 15.2 Å². The van der Waals surface area contributed by atoms with Gasteiger partial charge in [0, 0.05) is 13.1 Å². The Kier molecular flexibility index (Phi) is 5.73. The molecule has 0 bridgehead atoms. The molecule has 3 heterocycles. The summed E-state index contributed by atoms with van der Waals surface area (Å²) in [5.74, 6) is -0.102. The number of fused-ring (bicyclic) bond motifs is 1. The number of nitrogens with one attached hydrogen (secondary N) is 1. The summed E-state index contributed by atoms with van der Waals surface area (Å²) in [4.78, 5) is 19.2. The normalized spacial score (nSPS) is 15.8. The molecule has 2 aromatic heterocycles. The number of benzene rings is 2. The van der Waals surface area contributed by atoms with Gasteiger partial charge in [0.1, 0.15) is 17.5 Å². The van der Waals surface area contributed by atoms with E-state index >= 15 is 0 Å². The lowest BCUT2D eigenvalue weighted by atomic mass is 10.0. The third-order valence-electron chi connectivity index (χ3n) is 5.97. The van der Waals surface area contributed by atoms with Gasteiger partial charge in [-0.3, -0.25) is 4.79 Å². The predicted molar refractivity (Wildman–Crippen MR) is 121 cm³/mol. The van der Waals surface area contributed by atoms with Crippen LogP contribution in [0, 0.1) is 11.6 Å². The topological polar surface area (TPSA) is 62.5 Å². The van der Waals surface area contributed by atoms with E-state index in [4.69, 9.17) is 5.10 Å². The molecule has 6 nitrogen and oxygen atoms in total. The quantitative estimate of drug-likeness (QED) is 0.478. The van der Waals surface area contributed by atoms with E-state index in [9.17, 15) is 13.6 Å². The van der Waals surface area contributed by atoms with Crippen molar-refractivity contribution in [1.29, 1.82) is 0 Å². The number of carbonyl (C=O) groups excluding carboxylic acids is 1. The van der Waals surface area contributed by atoms with Crippen LogP contribution in [0.4, 0.5) is 14.6 Å². The molecule has 1 N–H and O–H groups in total. The number of hydrogen-bond donors (Lipinski definition) is 1. The SMILES string of the molecule is O=C(NCCc1ccc(F)cc1)c1cnc2ccc(N3CCCC3c3cccc(F)c3)nn12. The number of rotatable bonds is 6. The molecule has 0 radical (unpaired) electrons. The Morgan fingerprint density at radius 1 is 1.06 bits per heavy atom. The lowest BCUT2D eigenvalue weighted by molar-refractivity contribution is 0.0947. The molecule has 1 unspecified atom stereocenters. The zero-order chi connectivity index (χ0) is 22.8. The number of amides is 1. The van der Waals surface area contributed by atoms with Gasteiger partial charge in [0.25, 0.3) is 5.91 Å². The molecular weight excluding hydrogens is 424 g/mol. The summed E-state index contributed by atoms with van der Waals surface area (Å²) in [5, 5.41) is 7.58. The van der Waals surface area contributed by atoms with Crippen molar-refractivity contribution in [2.24, 2.45) is 0 Å². The van der Waals surface area contributed by atoms with E-state index < -0.39 is 0 Å². The number of hydrogen-bond acceptors (Lipinski definition) is 4. The van der Waals surface area contributed by atoms with Gasteiger partial charge < -0.3 is 10.2 Å². The van der Waals surface area contributed by atoms with E-state index in [1.807, 2.05) is 18.2 Å². The van der Waals surface area contributed by atoms with Crippen LogP contribution in [0.2, 0.25) is 0 Å². The van der Waals surface area contributed by atoms with Crippen LogP contribution >= 0.6 is 0 Å². The van der Waals surface area contributed by atoms with Crippen molar-refractivity contribution in [2.75, 3.05) is 18.0 Å². The van der Waals surface area contributed by atoms with E-state index in [0.717, 1.165) is 30.5 Å². The predicted octanol–water partition coefficient (Wildman–Crippen LogP) is 4.32. The first-order valence-corrected chi connectivity index (χ1v) is 11.0. The number of imidazole rings is 1. The van der Waals surface area contributed by atoms with Crippen molar-refractivity contribution in [3.05, 3.63) is 95.3 Å². The fourth-order valence-electron chi connectivity index (χ4n) is 4.33. The second kappa shape index (κ2) is 8.97. The highest BCUT2D eigenvalue weighted by Crippen LogP contribution is 2.35. The van der Waals surface area contributed by atoms with Crippen LogP contribution in [-0.4, -0.2) is 33.6 Å². The van der Waals surface area contributed by atoms with Crippen molar-refractivity contribution < 1.29 is 13.6 Å². The van der Waals surface area contributed by atoms with Crippen LogP contribution in [0.25, 0.3) is 5.65 Å². The molecule has 168 valence electrons. The minimum absolute atomic E-state index is 0.0298. The molecule has 0 spiro atoms. The molecule has 0 saturated carbocycles. The number of anilines is 1. The summed E-state index contributed by atoms with van der Waals surface area (Å²) in [6.45, 7) is 1.21. The summed E-state index contributed by atoms with van der Waals surface area (Å²) in [5.41, 5.74) is 2.77. The molecule has 2 aromatic carbocycles. The largest absolute Gasteiger partial charge is 0.350 e. The van der Waals surface area contributed by atoms with Gasteiger partial charge in [-0.25, -0.2) is 18.3 Å². The Morgan fingerprint density at radius 2 is 1.91 bits per heavy atom. The van der Waals surface area contributed by atoms with Crippen molar-refractivity contribution >= 4 is 17.4 Å². The zero-order valence-electron chi connectivity index (χ0n) is 17.9. The Morgan fingerprint density at radius 3 is 2.73 bits per heavy atom. The molecule has 33 heavy (non-hydrogen) atoms. The fraction of sp³-hybridized carbons (Fsp3) is 0.240. The Bertz CT molecular complexity index is 1290. The average Bonchev–Trinajstić information content (AvgIpc) is 3.47. The molecule has 1 aliphatic heterocycles. The minimum Gasteiger partial charge on any atom is -0.350 e. The number of halogens is 2. The Balaban J connectivity index is 1.34. The number of carbonyl (C=O) groups is 1. The van der Waals surface area contributed by atoms with Crippen molar-refractivity contribution in [3.63, 3.8) is 0 Å². The second-order valence-corrected chi connectivity index (χ2v) is 8.14. The first kappa shape index (κ1) is 21.1. The van der Waals surface area contributed by atoms with E-state index in [1.165, 1.54) is 24.4 Å². The molecule has 8 heteroatoms. The summed E-state index contributed by atoms with van der Waals surface area (Å²) in [6.07, 6.45) is 3.98. The van der Waals surface area contributed by atoms with Crippen molar-refractivity contribution in [1.82, 2.24) is 19.9 Å². The lowest BCUT2D eigenvalue weighted by Gasteiger charge is -2.26. The molecule has 1 saturated heterocycles. The molecule has 1 fully saturated rings. The first-order chi connectivity index (χ1) is 16.1. The molecule has 5 rings (SSSR count). The van der Waals surface area contributed by atoms with Crippen LogP contribution in [0.3, 0.4) is 0 Å². The smallest absolute Gasteiger partial charge is 0.271 e. The summed E-state index contributed by atoms with van der Waals surface area (Å²) in [6, 6.07) is 16.6. The van der Waals surface area contributed by atoms with Gasteiger partial charge in [0.2, 0.25) is 0 Å². The van der Waals surface area contributed by atoms with Gasteiger partial charge in [0.15, 0.2) is 11.3 Å². The molecule has 1 aliphatic rings. The van der Waals surface area contributed by atoms with Crippen LogP contribution < -0.4 is 10.2 Å². The van der Waals surface area contributed by atoms with Crippen LogP contribution in [0.15, 0.2) is 66.9 Å². The van der Waals surface area contributed by atoms with E-state index in [0.29, 0.717) is 30.1 Å². The third kappa shape index (κ3) is 4.41. The maximum Gasteiger partial charge on any atom is 0.271 e. The van der Waals surface area contributed by atoms with E-state index in [-0.39, 0.29) is 23.6 Å². The van der Waals surface area contributed by atoms with Crippen molar-refractivity contribution in [2.45, 2.75) is 25.3 Å². The highest BCUT2D eigenvalue weighted by Gasteiger charge is 2.28. The Hall–Kier alpha value is -3.81. The van der Waals surface area contributed by atoms with Gasteiger partial charge in [-0.2, -0.15) is 0 Å². The van der Waals surface area contributed by atoms with Gasteiger partial charge in [-0.1, -0.05) is 24.3 Å². The fourth-order valence-corrected chi connectivity index (χ4v) is 4.33. The van der Waals surface area contributed by atoms with Crippen LogP contribution in [0.1, 0.15) is 40.5 Å². The second-order valence-electron chi connectivity index (χ2n) is 8.14. The molecule has 1 amide bonds. The summed E-state index contributed by atoms with van der Waals surface area (Å²) in [7, 11) is 0. The number of aromatic nitrogens is 3. The monoisotopic (exact) mass is 447 g/mol. The first-order valence-electron chi connectivity index (χ1n) is 11.0. The number of nitrogens with zero attached hydrogens (tertiary/aromatic N) is 4. The summed E-state index contributed by atoms with van der Waals surface area (Å²) >= 11 is 0. The average molecular weight is 447 g/mol. The van der Waals surface area contributed by atoms with Crippen LogP contribution in [-0.2, 0) is 6.42 Å². The standard InChI is InChI=1S/C25H23F2N5O/c26-19-8-6-17(7-9-19)12-13-28-25(33)22-16-29-23-10-11-24(30-32(22)23)31-14-2-5-21(31)18-3-1-4-20(27)15-18/h1,3-4,6-11,15-16,21H,2,5,12-14H2,(H,28,33). The highest BCUT2D eigenvalue weighted by atomic mass is 19.1. The molecular formula is C25H23F2N5O. The third-order valence-corrected chi connectivity index (χ3v) is 5.97. The van der Waals surface area contributed by atoms with Gasteiger partial charge in [-0.05, 0) is 66.8 Å². The Labute approximate surface area is 189 Å². The summed E-state index contributed by atoms with van der Waals surface area (Å²) < 4.78 is 28.4. The zero-order valence-corrected chi connectivity index (χ0v) is 17.9. The van der Waals surface area contributed by atoms with Crippen molar-refractivity contribution in [3.8, 4) is 0 Å². The highest BCUT2D eigenvalue weighted by molar-refractivity contribution is 5.93. The molecule has 1 atom stereocenters. The minimum atomic E-state index is -0.284. The maximum absolute atomic E-state index is 13.8. The van der Waals surface area contributed by atoms with Gasteiger partial charge in [-0.15, -0.1) is 5.10 Å². The lowest BCUT2D eigenvalue weighted by Crippen LogP contribution is -2.28. The molecule has 0 aliphatic carbocycles. The van der Waals surface area contributed by atoms with Gasteiger partial charge in [0.05, 0.1) is 12.2 Å². The molecule has 4 aromatic rings. The van der Waals surface area contributed by atoms with Gasteiger partial charge >= 0.3 is 0 Å². The van der Waals surface area contributed by atoms with E-state index in [1.54, 1.807) is 28.8 Å².